The van der Waals surface area contributed by atoms with E-state index in [1.165, 1.54) is 18.2 Å². The average molecular weight is 428 g/mol. The first kappa shape index (κ1) is 21.2. The third-order valence-corrected chi connectivity index (χ3v) is 5.40. The molecule has 0 radical (unpaired) electrons. The largest absolute Gasteiger partial charge is 0.476 e. The number of ether oxygens (including phenoxy) is 1. The highest BCUT2D eigenvalue weighted by molar-refractivity contribution is 7.92. The van der Waals surface area contributed by atoms with E-state index in [0.29, 0.717) is 29.7 Å². The Bertz CT molecular complexity index is 1150. The molecule has 3 rings (SSSR count). The highest BCUT2D eigenvalue weighted by atomic mass is 32.2. The molecule has 3 aromatic rings. The Morgan fingerprint density at radius 2 is 1.83 bits per heavy atom. The molecule has 0 spiro atoms. The zero-order valence-corrected chi connectivity index (χ0v) is 17.2. The summed E-state index contributed by atoms with van der Waals surface area (Å²) < 4.78 is 33.3. The predicted octanol–water partition coefficient (Wildman–Crippen LogP) is 3.89. The van der Waals surface area contributed by atoms with Crippen LogP contribution >= 0.6 is 0 Å². The first-order valence-corrected chi connectivity index (χ1v) is 10.6. The summed E-state index contributed by atoms with van der Waals surface area (Å²) in [6, 6.07) is 15.1. The van der Waals surface area contributed by atoms with E-state index in [-0.39, 0.29) is 5.69 Å². The van der Waals surface area contributed by atoms with Gasteiger partial charge in [0, 0.05) is 23.4 Å². The lowest BCUT2D eigenvalue weighted by atomic mass is 10.1. The van der Waals surface area contributed by atoms with E-state index in [9.17, 15) is 18.5 Å². The molecule has 0 unspecified atom stereocenters. The lowest BCUT2D eigenvalue weighted by molar-refractivity contribution is -0.387. The second-order valence-electron chi connectivity index (χ2n) is 6.87. The van der Waals surface area contributed by atoms with Gasteiger partial charge in [0.25, 0.3) is 15.7 Å². The van der Waals surface area contributed by atoms with Crippen LogP contribution in [0.4, 0.5) is 11.4 Å². The number of para-hydroxylation sites is 1. The van der Waals surface area contributed by atoms with Crippen LogP contribution < -0.4 is 9.46 Å². The molecule has 2 aromatic carbocycles. The maximum Gasteiger partial charge on any atom is 0.289 e. The first-order chi connectivity index (χ1) is 14.3. The van der Waals surface area contributed by atoms with Crippen LogP contribution in [0.2, 0.25) is 0 Å². The van der Waals surface area contributed by atoms with Crippen LogP contribution in [-0.2, 0) is 10.0 Å². The van der Waals surface area contributed by atoms with E-state index in [0.717, 1.165) is 6.07 Å². The highest BCUT2D eigenvalue weighted by Gasteiger charge is 2.25. The molecule has 0 bridgehead atoms. The van der Waals surface area contributed by atoms with E-state index in [1.54, 1.807) is 36.4 Å². The van der Waals surface area contributed by atoms with Crippen molar-refractivity contribution in [1.82, 2.24) is 10.2 Å². The molecule has 0 aliphatic heterocycles. The van der Waals surface area contributed by atoms with Gasteiger partial charge in [0.2, 0.25) is 5.88 Å². The molecule has 0 fully saturated rings. The normalized spacial score (nSPS) is 11.3. The summed E-state index contributed by atoms with van der Waals surface area (Å²) in [6.45, 7) is 4.58. The first-order valence-electron chi connectivity index (χ1n) is 9.09. The number of hydrogen-bond donors (Lipinski definition) is 1. The van der Waals surface area contributed by atoms with Crippen molar-refractivity contribution in [3.63, 3.8) is 0 Å². The molecular weight excluding hydrogens is 408 g/mol. The van der Waals surface area contributed by atoms with Crippen LogP contribution in [0.1, 0.15) is 13.8 Å². The number of sulfonamides is 1. The van der Waals surface area contributed by atoms with Gasteiger partial charge in [-0.3, -0.25) is 14.8 Å². The molecule has 0 amide bonds. The van der Waals surface area contributed by atoms with E-state index in [2.05, 4.69) is 14.9 Å². The minimum atomic E-state index is -4.16. The summed E-state index contributed by atoms with van der Waals surface area (Å²) in [6.07, 6.45) is 0. The quantitative estimate of drug-likeness (QED) is 0.426. The molecule has 156 valence electrons. The lowest BCUT2D eigenvalue weighted by Crippen LogP contribution is -2.14. The predicted molar refractivity (Wildman–Crippen MR) is 112 cm³/mol. The second-order valence-corrected chi connectivity index (χ2v) is 8.52. The fourth-order valence-corrected chi connectivity index (χ4v) is 3.81. The molecule has 0 aliphatic carbocycles. The standard InChI is InChI=1S/C20H20N4O5S/c1-14(2)13-29-20-11-10-17(21-22-20)15-6-5-7-16(12-15)23-30(27,28)19-9-4-3-8-18(19)24(25)26/h3-12,14,23H,13H2,1-2H3. The topological polar surface area (TPSA) is 124 Å². The fraction of sp³-hybridized carbons (Fsp3) is 0.200. The third kappa shape index (κ3) is 5.09. The van der Waals surface area contributed by atoms with Crippen LogP contribution in [0, 0.1) is 16.0 Å². The summed E-state index contributed by atoms with van der Waals surface area (Å²) in [4.78, 5) is 10.0. The zero-order valence-electron chi connectivity index (χ0n) is 16.3. The van der Waals surface area contributed by atoms with Crippen molar-refractivity contribution in [2.75, 3.05) is 11.3 Å². The van der Waals surface area contributed by atoms with Crippen LogP contribution in [0.25, 0.3) is 11.3 Å². The Balaban J connectivity index is 1.83. The molecule has 0 atom stereocenters. The molecule has 0 saturated heterocycles. The molecule has 1 heterocycles. The summed E-state index contributed by atoms with van der Waals surface area (Å²) in [5.74, 6) is 0.761. The number of hydrogen-bond acceptors (Lipinski definition) is 7. The number of aromatic nitrogens is 2. The molecular formula is C20H20N4O5S. The number of nitro benzene ring substituents is 1. The molecule has 30 heavy (non-hydrogen) atoms. The molecule has 10 heteroatoms. The van der Waals surface area contributed by atoms with Crippen molar-refractivity contribution in [3.8, 4) is 17.1 Å². The highest BCUT2D eigenvalue weighted by Crippen LogP contribution is 2.27. The van der Waals surface area contributed by atoms with Gasteiger partial charge in [-0.25, -0.2) is 8.42 Å². The molecule has 1 aromatic heterocycles. The molecule has 1 N–H and O–H groups in total. The SMILES string of the molecule is CC(C)COc1ccc(-c2cccc(NS(=O)(=O)c3ccccc3[N+](=O)[O-])c2)nn1. The van der Waals surface area contributed by atoms with Gasteiger partial charge in [-0.05, 0) is 30.2 Å². The van der Waals surface area contributed by atoms with Crippen molar-refractivity contribution in [2.24, 2.45) is 5.92 Å². The van der Waals surface area contributed by atoms with Crippen molar-refractivity contribution < 1.29 is 18.1 Å². The van der Waals surface area contributed by atoms with Gasteiger partial charge >= 0.3 is 0 Å². The molecule has 0 saturated carbocycles. The van der Waals surface area contributed by atoms with Crippen molar-refractivity contribution in [1.29, 1.82) is 0 Å². The second kappa shape index (κ2) is 8.87. The third-order valence-electron chi connectivity index (χ3n) is 3.97. The van der Waals surface area contributed by atoms with Gasteiger partial charge in [0.05, 0.1) is 17.2 Å². The maximum atomic E-state index is 12.7. The van der Waals surface area contributed by atoms with Crippen LogP contribution in [0.3, 0.4) is 0 Å². The molecule has 9 nitrogen and oxygen atoms in total. The number of benzene rings is 2. The van der Waals surface area contributed by atoms with Gasteiger partial charge in [-0.15, -0.1) is 10.2 Å². The maximum absolute atomic E-state index is 12.7. The number of rotatable bonds is 8. The smallest absolute Gasteiger partial charge is 0.289 e. The Labute approximate surface area is 173 Å². The average Bonchev–Trinajstić information content (AvgIpc) is 2.72. The van der Waals surface area contributed by atoms with Gasteiger partial charge in [-0.2, -0.15) is 0 Å². The van der Waals surface area contributed by atoms with Gasteiger partial charge in [0.15, 0.2) is 4.90 Å². The zero-order chi connectivity index (χ0) is 21.7. The minimum absolute atomic E-state index is 0.243. The Morgan fingerprint density at radius 1 is 1.07 bits per heavy atom. The summed E-state index contributed by atoms with van der Waals surface area (Å²) in [5, 5.41) is 19.3. The summed E-state index contributed by atoms with van der Waals surface area (Å²) in [7, 11) is -4.16. The summed E-state index contributed by atoms with van der Waals surface area (Å²) >= 11 is 0. The number of nitrogens with one attached hydrogen (secondary N) is 1. The van der Waals surface area contributed by atoms with E-state index in [1.807, 2.05) is 13.8 Å². The number of nitro groups is 1. The fourth-order valence-electron chi connectivity index (χ4n) is 2.59. The monoisotopic (exact) mass is 428 g/mol. The van der Waals surface area contributed by atoms with Crippen molar-refractivity contribution >= 4 is 21.4 Å². The van der Waals surface area contributed by atoms with Crippen molar-refractivity contribution in [3.05, 3.63) is 70.8 Å². The van der Waals surface area contributed by atoms with Crippen molar-refractivity contribution in [2.45, 2.75) is 18.7 Å². The van der Waals surface area contributed by atoms with E-state index in [4.69, 9.17) is 4.74 Å². The Kier molecular flexibility index (Phi) is 6.26. The number of anilines is 1. The van der Waals surface area contributed by atoms with Crippen LogP contribution in [-0.4, -0.2) is 30.1 Å². The molecule has 0 aliphatic rings. The minimum Gasteiger partial charge on any atom is -0.476 e. The Morgan fingerprint density at radius 3 is 2.50 bits per heavy atom. The van der Waals surface area contributed by atoms with E-state index >= 15 is 0 Å². The van der Waals surface area contributed by atoms with Gasteiger partial charge in [0.1, 0.15) is 0 Å². The van der Waals surface area contributed by atoms with Gasteiger partial charge < -0.3 is 4.74 Å². The summed E-state index contributed by atoms with van der Waals surface area (Å²) in [5.41, 5.74) is 0.899. The van der Waals surface area contributed by atoms with Gasteiger partial charge in [-0.1, -0.05) is 38.1 Å². The number of nitrogens with zero attached hydrogens (tertiary/aromatic N) is 3. The lowest BCUT2D eigenvalue weighted by Gasteiger charge is -2.10. The van der Waals surface area contributed by atoms with Crippen LogP contribution in [0.5, 0.6) is 5.88 Å². The Hall–Kier alpha value is -3.53. The van der Waals surface area contributed by atoms with E-state index < -0.39 is 25.5 Å². The van der Waals surface area contributed by atoms with Crippen LogP contribution in [0.15, 0.2) is 65.6 Å².